The lowest BCUT2D eigenvalue weighted by atomic mass is 10.0. The van der Waals surface area contributed by atoms with Crippen molar-refractivity contribution in [1.82, 2.24) is 4.90 Å². The molecule has 3 rings (SSSR count). The smallest absolute Gasteiger partial charge is 0.322 e. The molecule has 1 saturated heterocycles. The molecule has 1 fully saturated rings. The summed E-state index contributed by atoms with van der Waals surface area (Å²) in [7, 11) is 3.09. The highest BCUT2D eigenvalue weighted by Gasteiger charge is 2.31. The molecule has 0 saturated carbocycles. The van der Waals surface area contributed by atoms with Crippen molar-refractivity contribution in [3.05, 3.63) is 53.8 Å². The molecule has 0 unspecified atom stereocenters. The standard InChI is InChI=1S/C19H21FN2O3/c1-24-17-10-9-13(12-18(17)25-2)21-19(23)22-11-5-8-16(22)14-6-3-4-7-15(14)20/h3-4,6-7,9-10,12,16H,5,8,11H2,1-2H3,(H,21,23)/t16-/m0/s1. The number of carbonyl (C=O) groups is 1. The van der Waals surface area contributed by atoms with Gasteiger partial charge in [0, 0.05) is 23.9 Å². The number of hydrogen-bond acceptors (Lipinski definition) is 3. The second-order valence-electron chi connectivity index (χ2n) is 5.87. The topological polar surface area (TPSA) is 50.8 Å². The first-order valence-electron chi connectivity index (χ1n) is 8.18. The van der Waals surface area contributed by atoms with Crippen molar-refractivity contribution in [2.24, 2.45) is 0 Å². The van der Waals surface area contributed by atoms with Crippen LogP contribution in [0.3, 0.4) is 0 Å². The number of likely N-dealkylation sites (tertiary alicyclic amines) is 1. The van der Waals surface area contributed by atoms with E-state index in [1.165, 1.54) is 13.2 Å². The number of nitrogens with one attached hydrogen (secondary N) is 1. The van der Waals surface area contributed by atoms with Crippen LogP contribution in [0.5, 0.6) is 11.5 Å². The molecule has 0 aromatic heterocycles. The van der Waals surface area contributed by atoms with E-state index in [4.69, 9.17) is 9.47 Å². The quantitative estimate of drug-likeness (QED) is 0.904. The summed E-state index contributed by atoms with van der Waals surface area (Å²) in [6, 6.07) is 11.3. The van der Waals surface area contributed by atoms with Gasteiger partial charge in [-0.2, -0.15) is 0 Å². The molecule has 0 spiro atoms. The van der Waals surface area contributed by atoms with Gasteiger partial charge in [-0.05, 0) is 31.0 Å². The van der Waals surface area contributed by atoms with Crippen molar-refractivity contribution in [2.45, 2.75) is 18.9 Å². The minimum atomic E-state index is -0.279. The first-order chi connectivity index (χ1) is 12.1. The van der Waals surface area contributed by atoms with Gasteiger partial charge in [0.25, 0.3) is 0 Å². The molecule has 1 atom stereocenters. The number of rotatable bonds is 4. The van der Waals surface area contributed by atoms with Crippen molar-refractivity contribution in [2.75, 3.05) is 26.1 Å². The Morgan fingerprint density at radius 3 is 2.64 bits per heavy atom. The van der Waals surface area contributed by atoms with E-state index in [0.29, 0.717) is 29.3 Å². The van der Waals surface area contributed by atoms with E-state index in [1.807, 2.05) is 0 Å². The lowest BCUT2D eigenvalue weighted by molar-refractivity contribution is 0.206. The van der Waals surface area contributed by atoms with Gasteiger partial charge in [0.05, 0.1) is 20.3 Å². The molecule has 1 aliphatic rings. The summed E-state index contributed by atoms with van der Waals surface area (Å²) in [6.45, 7) is 0.595. The maximum atomic E-state index is 14.1. The maximum absolute atomic E-state index is 14.1. The second kappa shape index (κ2) is 7.42. The first kappa shape index (κ1) is 17.1. The third-order valence-corrected chi connectivity index (χ3v) is 4.41. The van der Waals surface area contributed by atoms with Crippen LogP contribution in [0.4, 0.5) is 14.9 Å². The summed E-state index contributed by atoms with van der Waals surface area (Å²) in [5.41, 5.74) is 1.16. The molecule has 5 nitrogen and oxygen atoms in total. The average Bonchev–Trinajstić information content (AvgIpc) is 3.11. The maximum Gasteiger partial charge on any atom is 0.322 e. The van der Waals surface area contributed by atoms with E-state index in [2.05, 4.69) is 5.32 Å². The summed E-state index contributed by atoms with van der Waals surface area (Å²) in [5, 5.41) is 2.86. The van der Waals surface area contributed by atoms with Gasteiger partial charge in [-0.15, -0.1) is 0 Å². The van der Waals surface area contributed by atoms with Gasteiger partial charge in [0.2, 0.25) is 0 Å². The van der Waals surface area contributed by atoms with Crippen LogP contribution >= 0.6 is 0 Å². The highest BCUT2D eigenvalue weighted by molar-refractivity contribution is 5.90. The number of benzene rings is 2. The minimum Gasteiger partial charge on any atom is -0.493 e. The monoisotopic (exact) mass is 344 g/mol. The normalized spacial score (nSPS) is 16.6. The molecule has 1 N–H and O–H groups in total. The van der Waals surface area contributed by atoms with Crippen molar-refractivity contribution in [3.8, 4) is 11.5 Å². The Morgan fingerprint density at radius 2 is 1.92 bits per heavy atom. The van der Waals surface area contributed by atoms with Gasteiger partial charge in [-0.25, -0.2) is 9.18 Å². The molecule has 2 aromatic carbocycles. The average molecular weight is 344 g/mol. The Morgan fingerprint density at radius 1 is 1.16 bits per heavy atom. The number of hydrogen-bond donors (Lipinski definition) is 1. The molecule has 6 heteroatoms. The minimum absolute atomic E-state index is 0.249. The highest BCUT2D eigenvalue weighted by atomic mass is 19.1. The second-order valence-corrected chi connectivity index (χ2v) is 5.87. The fourth-order valence-corrected chi connectivity index (χ4v) is 3.19. The number of halogens is 1. The molecule has 132 valence electrons. The predicted molar refractivity (Wildman–Crippen MR) is 93.6 cm³/mol. The van der Waals surface area contributed by atoms with Gasteiger partial charge in [0.15, 0.2) is 11.5 Å². The molecule has 2 amide bonds. The van der Waals surface area contributed by atoms with E-state index in [9.17, 15) is 9.18 Å². The Bertz CT molecular complexity index is 766. The van der Waals surface area contributed by atoms with Gasteiger partial charge < -0.3 is 19.7 Å². The van der Waals surface area contributed by atoms with E-state index in [-0.39, 0.29) is 17.9 Å². The fraction of sp³-hybridized carbons (Fsp3) is 0.316. The van der Waals surface area contributed by atoms with E-state index in [1.54, 1.807) is 48.4 Å². The van der Waals surface area contributed by atoms with Crippen LogP contribution in [0.15, 0.2) is 42.5 Å². The van der Waals surface area contributed by atoms with Crippen molar-refractivity contribution >= 4 is 11.7 Å². The van der Waals surface area contributed by atoms with Crippen LogP contribution < -0.4 is 14.8 Å². The summed E-state index contributed by atoms with van der Waals surface area (Å²) >= 11 is 0. The number of urea groups is 1. The Hall–Kier alpha value is -2.76. The van der Waals surface area contributed by atoms with E-state index < -0.39 is 0 Å². The highest BCUT2D eigenvalue weighted by Crippen LogP contribution is 2.34. The summed E-state index contributed by atoms with van der Waals surface area (Å²) in [4.78, 5) is 14.4. The predicted octanol–water partition coefficient (Wildman–Crippen LogP) is 4.21. The van der Waals surface area contributed by atoms with Gasteiger partial charge >= 0.3 is 6.03 Å². The molecule has 0 aliphatic carbocycles. The van der Waals surface area contributed by atoms with Crippen LogP contribution in [0.1, 0.15) is 24.4 Å². The Kier molecular flexibility index (Phi) is 5.07. The summed E-state index contributed by atoms with van der Waals surface area (Å²) in [5.74, 6) is 0.844. The molecular weight excluding hydrogens is 323 g/mol. The van der Waals surface area contributed by atoms with Gasteiger partial charge in [-0.1, -0.05) is 18.2 Å². The number of methoxy groups -OCH3 is 2. The molecule has 25 heavy (non-hydrogen) atoms. The molecule has 1 aliphatic heterocycles. The molecular formula is C19H21FN2O3. The first-order valence-corrected chi connectivity index (χ1v) is 8.18. The third-order valence-electron chi connectivity index (χ3n) is 4.41. The van der Waals surface area contributed by atoms with E-state index >= 15 is 0 Å². The molecule has 0 radical (unpaired) electrons. The van der Waals surface area contributed by atoms with Crippen LogP contribution in [0.2, 0.25) is 0 Å². The van der Waals surface area contributed by atoms with Crippen LogP contribution in [-0.4, -0.2) is 31.7 Å². The lowest BCUT2D eigenvalue weighted by Gasteiger charge is -2.25. The molecule has 2 aromatic rings. The Labute approximate surface area is 146 Å². The van der Waals surface area contributed by atoms with Crippen LogP contribution in [-0.2, 0) is 0 Å². The zero-order valence-corrected chi connectivity index (χ0v) is 14.3. The number of carbonyl (C=O) groups excluding carboxylic acids is 1. The van der Waals surface area contributed by atoms with Gasteiger partial charge in [0.1, 0.15) is 5.82 Å². The number of anilines is 1. The fourth-order valence-electron chi connectivity index (χ4n) is 3.19. The largest absolute Gasteiger partial charge is 0.493 e. The summed E-state index contributed by atoms with van der Waals surface area (Å²) < 4.78 is 24.5. The van der Waals surface area contributed by atoms with Crippen molar-refractivity contribution in [3.63, 3.8) is 0 Å². The van der Waals surface area contributed by atoms with Crippen molar-refractivity contribution in [1.29, 1.82) is 0 Å². The number of nitrogens with zero attached hydrogens (tertiary/aromatic N) is 1. The van der Waals surface area contributed by atoms with Gasteiger partial charge in [-0.3, -0.25) is 0 Å². The zero-order valence-electron chi connectivity index (χ0n) is 14.3. The number of ether oxygens (including phenoxy) is 2. The molecule has 0 bridgehead atoms. The SMILES string of the molecule is COc1ccc(NC(=O)N2CCC[C@H]2c2ccccc2F)cc1OC. The zero-order chi connectivity index (χ0) is 17.8. The van der Waals surface area contributed by atoms with Crippen LogP contribution in [0.25, 0.3) is 0 Å². The van der Waals surface area contributed by atoms with Crippen molar-refractivity contribution < 1.29 is 18.7 Å². The summed E-state index contributed by atoms with van der Waals surface area (Å²) in [6.07, 6.45) is 1.60. The third kappa shape index (κ3) is 3.52. The molecule has 1 heterocycles. The van der Waals surface area contributed by atoms with Crippen LogP contribution in [0, 0.1) is 5.82 Å². The lowest BCUT2D eigenvalue weighted by Crippen LogP contribution is -2.34. The number of amides is 2. The Balaban J connectivity index is 1.77. The van der Waals surface area contributed by atoms with E-state index in [0.717, 1.165) is 12.8 Å².